The minimum atomic E-state index is -4.54. The molecule has 1 aromatic heterocycles. The Morgan fingerprint density at radius 3 is 2.44 bits per heavy atom. The molecule has 1 amide bonds. The minimum absolute atomic E-state index is 0.133. The summed E-state index contributed by atoms with van der Waals surface area (Å²) in [6, 6.07) is 9.11. The molecule has 4 rings (SSSR count). The van der Waals surface area contributed by atoms with Crippen molar-refractivity contribution in [3.8, 4) is 6.07 Å². The van der Waals surface area contributed by atoms with Crippen LogP contribution in [0.1, 0.15) is 17.7 Å². The number of nitrogens with one attached hydrogen (secondary N) is 1. The number of alkyl halides is 3. The molecular formula is C23H20ClF3N6O. The van der Waals surface area contributed by atoms with Gasteiger partial charge in [-0.05, 0) is 36.4 Å². The van der Waals surface area contributed by atoms with Gasteiger partial charge in [-0.15, -0.1) is 10.2 Å². The monoisotopic (exact) mass is 488 g/mol. The zero-order valence-corrected chi connectivity index (χ0v) is 18.6. The van der Waals surface area contributed by atoms with Crippen LogP contribution < -0.4 is 10.2 Å². The number of carbonyl (C=O) groups is 1. The minimum Gasteiger partial charge on any atom is -0.368 e. The summed E-state index contributed by atoms with van der Waals surface area (Å²) in [6.45, 7) is 1.56. The molecule has 1 fully saturated rings. The molecule has 2 aliphatic rings. The molecule has 2 heterocycles. The van der Waals surface area contributed by atoms with Gasteiger partial charge in [0.1, 0.15) is 11.6 Å². The molecule has 1 N–H and O–H groups in total. The number of nitriles is 1. The lowest BCUT2D eigenvalue weighted by Crippen LogP contribution is -2.58. The van der Waals surface area contributed by atoms with E-state index in [2.05, 4.69) is 15.5 Å². The standard InChI is InChI=1S/C23H20ClF3N6O/c24-18-14-17(5-4-16(18)15-28)29-22(8-2-1-3-9-22)21(34)33-12-10-32(11-13-33)20-7-6-19(30-31-20)23(25,26)27/h1-8,14,29H,9-13H2. The Morgan fingerprint density at radius 1 is 1.12 bits per heavy atom. The average molecular weight is 489 g/mol. The Bertz CT molecular complexity index is 1170. The van der Waals surface area contributed by atoms with E-state index in [0.717, 1.165) is 6.07 Å². The summed E-state index contributed by atoms with van der Waals surface area (Å²) in [7, 11) is 0. The van der Waals surface area contributed by atoms with Gasteiger partial charge in [0.05, 0.1) is 10.6 Å². The van der Waals surface area contributed by atoms with Crippen molar-refractivity contribution < 1.29 is 18.0 Å². The van der Waals surface area contributed by atoms with Crippen molar-refractivity contribution in [3.05, 3.63) is 70.9 Å². The summed E-state index contributed by atoms with van der Waals surface area (Å²) in [5.41, 5.74) is -1.12. The number of allylic oxidation sites excluding steroid dienone is 2. The number of carbonyl (C=O) groups excluding carboxylic acids is 1. The van der Waals surface area contributed by atoms with Crippen LogP contribution in [0.4, 0.5) is 24.7 Å². The van der Waals surface area contributed by atoms with Crippen molar-refractivity contribution >= 4 is 29.0 Å². The Morgan fingerprint density at radius 2 is 1.88 bits per heavy atom. The van der Waals surface area contributed by atoms with E-state index in [-0.39, 0.29) is 10.9 Å². The van der Waals surface area contributed by atoms with E-state index < -0.39 is 17.4 Å². The lowest BCUT2D eigenvalue weighted by Gasteiger charge is -2.41. The lowest BCUT2D eigenvalue weighted by atomic mass is 9.88. The smallest absolute Gasteiger partial charge is 0.368 e. The van der Waals surface area contributed by atoms with Crippen LogP contribution in [0.25, 0.3) is 0 Å². The van der Waals surface area contributed by atoms with E-state index in [4.69, 9.17) is 16.9 Å². The Balaban J connectivity index is 1.46. The second-order valence-corrected chi connectivity index (χ2v) is 8.36. The van der Waals surface area contributed by atoms with Crippen molar-refractivity contribution in [2.75, 3.05) is 36.4 Å². The predicted molar refractivity (Wildman–Crippen MR) is 121 cm³/mol. The fourth-order valence-corrected chi connectivity index (χ4v) is 4.15. The molecule has 1 aliphatic carbocycles. The molecule has 0 radical (unpaired) electrons. The van der Waals surface area contributed by atoms with Crippen molar-refractivity contribution in [3.63, 3.8) is 0 Å². The normalized spacial score (nSPS) is 20.2. The predicted octanol–water partition coefficient (Wildman–Crippen LogP) is 4.04. The van der Waals surface area contributed by atoms with Crippen molar-refractivity contribution in [2.45, 2.75) is 18.1 Å². The molecule has 0 spiro atoms. The second kappa shape index (κ2) is 9.35. The van der Waals surface area contributed by atoms with Crippen LogP contribution in [0.2, 0.25) is 5.02 Å². The second-order valence-electron chi connectivity index (χ2n) is 7.95. The summed E-state index contributed by atoms with van der Waals surface area (Å²) in [4.78, 5) is 17.1. The molecule has 1 aromatic carbocycles. The zero-order valence-electron chi connectivity index (χ0n) is 17.9. The van der Waals surface area contributed by atoms with E-state index in [1.807, 2.05) is 18.2 Å². The lowest BCUT2D eigenvalue weighted by molar-refractivity contribution is -0.141. The van der Waals surface area contributed by atoms with Crippen molar-refractivity contribution in [1.29, 1.82) is 5.26 Å². The largest absolute Gasteiger partial charge is 0.435 e. The van der Waals surface area contributed by atoms with Gasteiger partial charge >= 0.3 is 6.18 Å². The number of halogens is 4. The molecule has 176 valence electrons. The summed E-state index contributed by atoms with van der Waals surface area (Å²) in [5, 5.41) is 19.6. The third kappa shape index (κ3) is 4.84. The van der Waals surface area contributed by atoms with Gasteiger partial charge in [-0.25, -0.2) is 0 Å². The number of rotatable bonds is 4. The molecule has 0 bridgehead atoms. The number of benzene rings is 1. The quantitative estimate of drug-likeness (QED) is 0.699. The number of nitrogens with zero attached hydrogens (tertiary/aromatic N) is 5. The van der Waals surface area contributed by atoms with E-state index in [1.165, 1.54) is 6.07 Å². The Hall–Kier alpha value is -3.58. The molecule has 1 saturated heterocycles. The van der Waals surface area contributed by atoms with E-state index >= 15 is 0 Å². The molecule has 1 unspecified atom stereocenters. The number of anilines is 2. The van der Waals surface area contributed by atoms with Crippen LogP contribution in [0.15, 0.2) is 54.6 Å². The number of piperazine rings is 1. The van der Waals surface area contributed by atoms with E-state index in [1.54, 1.807) is 40.2 Å². The summed E-state index contributed by atoms with van der Waals surface area (Å²) >= 11 is 6.16. The van der Waals surface area contributed by atoms with Gasteiger partial charge in [-0.3, -0.25) is 4.79 Å². The van der Waals surface area contributed by atoms with Crippen LogP contribution in [-0.2, 0) is 11.0 Å². The van der Waals surface area contributed by atoms with Crippen LogP contribution >= 0.6 is 11.6 Å². The Kier molecular flexibility index (Phi) is 6.48. The van der Waals surface area contributed by atoms with Gasteiger partial charge in [-0.1, -0.05) is 29.8 Å². The van der Waals surface area contributed by atoms with Gasteiger partial charge < -0.3 is 15.1 Å². The third-order valence-electron chi connectivity index (χ3n) is 5.74. The average Bonchev–Trinajstić information content (AvgIpc) is 2.84. The van der Waals surface area contributed by atoms with Gasteiger partial charge in [0.25, 0.3) is 5.91 Å². The van der Waals surface area contributed by atoms with Gasteiger partial charge in [0, 0.05) is 38.3 Å². The first-order chi connectivity index (χ1) is 16.2. The van der Waals surface area contributed by atoms with E-state index in [9.17, 15) is 18.0 Å². The highest BCUT2D eigenvalue weighted by molar-refractivity contribution is 6.32. The molecule has 34 heavy (non-hydrogen) atoms. The number of hydrogen-bond acceptors (Lipinski definition) is 6. The SMILES string of the molecule is N#Cc1ccc(NC2(C(=O)N3CCN(c4ccc(C(F)(F)F)nn4)CC3)C=CC=CC2)cc1Cl. The topological polar surface area (TPSA) is 85.2 Å². The number of amides is 1. The van der Waals surface area contributed by atoms with Crippen molar-refractivity contribution in [1.82, 2.24) is 15.1 Å². The van der Waals surface area contributed by atoms with Gasteiger partial charge in [0.2, 0.25) is 0 Å². The van der Waals surface area contributed by atoms with E-state index in [0.29, 0.717) is 49.7 Å². The van der Waals surface area contributed by atoms with Gasteiger partial charge in [0.15, 0.2) is 11.5 Å². The maximum Gasteiger partial charge on any atom is 0.435 e. The van der Waals surface area contributed by atoms with Crippen LogP contribution in [0, 0.1) is 11.3 Å². The number of hydrogen-bond donors (Lipinski definition) is 1. The molecule has 1 aliphatic heterocycles. The first-order valence-corrected chi connectivity index (χ1v) is 10.9. The van der Waals surface area contributed by atoms with Crippen LogP contribution in [0.5, 0.6) is 0 Å². The molecule has 1 atom stereocenters. The maximum atomic E-state index is 13.6. The first-order valence-electron chi connectivity index (χ1n) is 10.5. The third-order valence-corrected chi connectivity index (χ3v) is 6.05. The fourth-order valence-electron chi connectivity index (χ4n) is 3.93. The van der Waals surface area contributed by atoms with Gasteiger partial charge in [-0.2, -0.15) is 18.4 Å². The highest BCUT2D eigenvalue weighted by Gasteiger charge is 2.40. The molecular weight excluding hydrogens is 469 g/mol. The molecule has 0 saturated carbocycles. The number of aromatic nitrogens is 2. The first kappa shape index (κ1) is 23.6. The molecule has 7 nitrogen and oxygen atoms in total. The zero-order chi connectivity index (χ0) is 24.3. The maximum absolute atomic E-state index is 13.6. The summed E-state index contributed by atoms with van der Waals surface area (Å²) in [5.74, 6) is 0.201. The summed E-state index contributed by atoms with van der Waals surface area (Å²) < 4.78 is 38.2. The Labute approximate surface area is 199 Å². The summed E-state index contributed by atoms with van der Waals surface area (Å²) in [6.07, 6.45) is 3.23. The molecule has 2 aromatic rings. The highest BCUT2D eigenvalue weighted by atomic mass is 35.5. The van der Waals surface area contributed by atoms with Crippen molar-refractivity contribution in [2.24, 2.45) is 0 Å². The highest BCUT2D eigenvalue weighted by Crippen LogP contribution is 2.30. The fraction of sp³-hybridized carbons (Fsp3) is 0.304. The van der Waals surface area contributed by atoms with Crippen LogP contribution in [-0.4, -0.2) is 52.7 Å². The van der Waals surface area contributed by atoms with Crippen LogP contribution in [0.3, 0.4) is 0 Å². The molecule has 11 heteroatoms.